The van der Waals surface area contributed by atoms with Gasteiger partial charge in [-0.05, 0) is 17.7 Å². The van der Waals surface area contributed by atoms with Gasteiger partial charge in [-0.3, -0.25) is 0 Å². The van der Waals surface area contributed by atoms with E-state index in [0.29, 0.717) is 6.29 Å². The molecule has 4 heteroatoms. The summed E-state index contributed by atoms with van der Waals surface area (Å²) in [5.74, 6) is -1.17. The van der Waals surface area contributed by atoms with Gasteiger partial charge in [-0.1, -0.05) is 6.07 Å². The van der Waals surface area contributed by atoms with Gasteiger partial charge in [0.25, 0.3) is 0 Å². The van der Waals surface area contributed by atoms with E-state index < -0.39 is 11.8 Å². The van der Waals surface area contributed by atoms with Crippen molar-refractivity contribution in [3.05, 3.63) is 35.1 Å². The van der Waals surface area contributed by atoms with E-state index in [1.165, 1.54) is 19.2 Å². The molecular weight excluding hydrogens is 187 g/mol. The lowest BCUT2D eigenvalue weighted by molar-refractivity contribution is -0.107. The zero-order chi connectivity index (χ0) is 10.6. The number of carbonyl (C=O) groups excluding carboxylic acids is 2. The van der Waals surface area contributed by atoms with Crippen molar-refractivity contribution in [3.63, 3.8) is 0 Å². The number of hydrogen-bond acceptors (Lipinski definition) is 3. The number of carbonyl (C=O) groups is 2. The molecule has 3 nitrogen and oxygen atoms in total. The maximum absolute atomic E-state index is 13.2. The molecule has 0 spiro atoms. The molecule has 0 bridgehead atoms. The lowest BCUT2D eigenvalue weighted by Gasteiger charge is -2.01. The normalized spacial score (nSPS) is 9.57. The highest BCUT2D eigenvalue weighted by Crippen LogP contribution is 2.11. The summed E-state index contributed by atoms with van der Waals surface area (Å²) in [4.78, 5) is 21.1. The Kier molecular flexibility index (Phi) is 3.34. The predicted molar refractivity (Wildman–Crippen MR) is 47.5 cm³/mol. The molecule has 1 rings (SSSR count). The first-order valence-electron chi connectivity index (χ1n) is 3.99. The molecule has 74 valence electrons. The van der Waals surface area contributed by atoms with Crippen LogP contribution < -0.4 is 0 Å². The number of esters is 1. The fourth-order valence-corrected chi connectivity index (χ4v) is 1.05. The van der Waals surface area contributed by atoms with Gasteiger partial charge in [-0.15, -0.1) is 0 Å². The minimum Gasteiger partial charge on any atom is -0.465 e. The van der Waals surface area contributed by atoms with Crippen LogP contribution in [0.25, 0.3) is 0 Å². The van der Waals surface area contributed by atoms with E-state index in [0.717, 1.165) is 6.07 Å². The molecule has 0 amide bonds. The second-order valence-electron chi connectivity index (χ2n) is 2.67. The van der Waals surface area contributed by atoms with Crippen LogP contribution in [0.4, 0.5) is 4.39 Å². The molecule has 0 aromatic heterocycles. The fraction of sp³-hybridized carbons (Fsp3) is 0.200. The summed E-state index contributed by atoms with van der Waals surface area (Å²) in [6.07, 6.45) is 0.615. The molecule has 0 heterocycles. The quantitative estimate of drug-likeness (QED) is 0.541. The van der Waals surface area contributed by atoms with Crippen LogP contribution in [0.5, 0.6) is 0 Å². The van der Waals surface area contributed by atoms with Gasteiger partial charge in [0.15, 0.2) is 0 Å². The van der Waals surface area contributed by atoms with Crippen LogP contribution in [0.1, 0.15) is 15.9 Å². The molecule has 0 unspecified atom stereocenters. The Morgan fingerprint density at radius 1 is 1.57 bits per heavy atom. The molecule has 0 saturated heterocycles. The average molecular weight is 196 g/mol. The molecule has 0 atom stereocenters. The van der Waals surface area contributed by atoms with Crippen molar-refractivity contribution in [1.29, 1.82) is 0 Å². The number of aldehydes is 1. The van der Waals surface area contributed by atoms with E-state index in [1.54, 1.807) is 0 Å². The first-order chi connectivity index (χ1) is 6.69. The molecule has 0 aliphatic carbocycles. The highest BCUT2D eigenvalue weighted by molar-refractivity contribution is 5.89. The average Bonchev–Trinajstić information content (AvgIpc) is 2.20. The predicted octanol–water partition coefficient (Wildman–Crippen LogP) is 1.35. The number of rotatable bonds is 3. The van der Waals surface area contributed by atoms with Crippen LogP contribution in [0.2, 0.25) is 0 Å². The van der Waals surface area contributed by atoms with Crippen molar-refractivity contribution >= 4 is 12.3 Å². The number of methoxy groups -OCH3 is 1. The van der Waals surface area contributed by atoms with Gasteiger partial charge in [-0.2, -0.15) is 0 Å². The van der Waals surface area contributed by atoms with Gasteiger partial charge in [-0.25, -0.2) is 9.18 Å². The minimum absolute atomic E-state index is 0.00723. The van der Waals surface area contributed by atoms with Crippen LogP contribution in [-0.4, -0.2) is 19.4 Å². The maximum Gasteiger partial charge on any atom is 0.337 e. The van der Waals surface area contributed by atoms with Gasteiger partial charge in [0.05, 0.1) is 12.7 Å². The molecule has 1 aromatic carbocycles. The summed E-state index contributed by atoms with van der Waals surface area (Å²) in [5, 5.41) is 0. The second kappa shape index (κ2) is 4.50. The third kappa shape index (κ3) is 2.16. The van der Waals surface area contributed by atoms with Crippen molar-refractivity contribution in [2.45, 2.75) is 6.42 Å². The van der Waals surface area contributed by atoms with Crippen LogP contribution in [0, 0.1) is 5.82 Å². The van der Waals surface area contributed by atoms with E-state index >= 15 is 0 Å². The number of ether oxygens (including phenoxy) is 1. The lowest BCUT2D eigenvalue weighted by atomic mass is 10.1. The van der Waals surface area contributed by atoms with Crippen molar-refractivity contribution in [3.8, 4) is 0 Å². The summed E-state index contributed by atoms with van der Waals surface area (Å²) in [5.41, 5.74) is 0.410. The third-order valence-electron chi connectivity index (χ3n) is 1.78. The zero-order valence-corrected chi connectivity index (χ0v) is 7.62. The smallest absolute Gasteiger partial charge is 0.337 e. The maximum atomic E-state index is 13.2. The number of halogens is 1. The fourth-order valence-electron chi connectivity index (χ4n) is 1.05. The lowest BCUT2D eigenvalue weighted by Crippen LogP contribution is -2.03. The first kappa shape index (κ1) is 10.4. The number of hydrogen-bond donors (Lipinski definition) is 0. The topological polar surface area (TPSA) is 43.4 Å². The molecular formula is C10H9FO3. The van der Waals surface area contributed by atoms with Gasteiger partial charge >= 0.3 is 5.97 Å². The monoisotopic (exact) mass is 196 g/mol. The Balaban J connectivity index is 2.99. The Morgan fingerprint density at radius 2 is 2.29 bits per heavy atom. The van der Waals surface area contributed by atoms with Gasteiger partial charge in [0, 0.05) is 6.42 Å². The van der Waals surface area contributed by atoms with E-state index in [9.17, 15) is 14.0 Å². The van der Waals surface area contributed by atoms with Gasteiger partial charge in [0.1, 0.15) is 12.1 Å². The minimum atomic E-state index is -0.596. The Labute approximate surface area is 80.5 Å². The number of benzene rings is 1. The molecule has 0 saturated carbocycles. The second-order valence-corrected chi connectivity index (χ2v) is 2.67. The Morgan fingerprint density at radius 3 is 2.79 bits per heavy atom. The molecule has 0 N–H and O–H groups in total. The third-order valence-corrected chi connectivity index (χ3v) is 1.78. The van der Waals surface area contributed by atoms with Gasteiger partial charge < -0.3 is 9.53 Å². The zero-order valence-electron chi connectivity index (χ0n) is 7.62. The SMILES string of the molecule is COC(=O)c1ccc(CC=O)c(F)c1. The van der Waals surface area contributed by atoms with Gasteiger partial charge in [0.2, 0.25) is 0 Å². The Bertz CT molecular complexity index is 360. The van der Waals surface area contributed by atoms with Crippen LogP contribution in [0.3, 0.4) is 0 Å². The summed E-state index contributed by atoms with van der Waals surface area (Å²) in [7, 11) is 1.22. The molecule has 0 aliphatic heterocycles. The molecule has 0 aliphatic rings. The van der Waals surface area contributed by atoms with Crippen molar-refractivity contribution in [2.75, 3.05) is 7.11 Å². The van der Waals surface area contributed by atoms with Crippen LogP contribution in [0.15, 0.2) is 18.2 Å². The summed E-state index contributed by atoms with van der Waals surface area (Å²) < 4.78 is 17.6. The first-order valence-corrected chi connectivity index (χ1v) is 3.99. The summed E-state index contributed by atoms with van der Waals surface area (Å²) in [6, 6.07) is 3.88. The van der Waals surface area contributed by atoms with E-state index in [4.69, 9.17) is 0 Å². The molecule has 1 aromatic rings. The van der Waals surface area contributed by atoms with Crippen molar-refractivity contribution in [2.24, 2.45) is 0 Å². The van der Waals surface area contributed by atoms with Crippen LogP contribution in [-0.2, 0) is 16.0 Å². The van der Waals surface area contributed by atoms with Crippen molar-refractivity contribution in [1.82, 2.24) is 0 Å². The molecule has 0 radical (unpaired) electrons. The summed E-state index contributed by atoms with van der Waals surface area (Å²) >= 11 is 0. The standard InChI is InChI=1S/C10H9FO3/c1-14-10(13)8-3-2-7(4-5-12)9(11)6-8/h2-3,5-6H,4H2,1H3. The Hall–Kier alpha value is -1.71. The molecule has 0 fully saturated rings. The highest BCUT2D eigenvalue weighted by Gasteiger charge is 2.08. The molecule has 14 heavy (non-hydrogen) atoms. The highest BCUT2D eigenvalue weighted by atomic mass is 19.1. The largest absolute Gasteiger partial charge is 0.465 e. The van der Waals surface area contributed by atoms with Crippen molar-refractivity contribution < 1.29 is 18.7 Å². The van der Waals surface area contributed by atoms with Crippen LogP contribution >= 0.6 is 0 Å². The van der Waals surface area contributed by atoms with E-state index in [1.807, 2.05) is 0 Å². The summed E-state index contributed by atoms with van der Waals surface area (Å²) in [6.45, 7) is 0. The van der Waals surface area contributed by atoms with E-state index in [2.05, 4.69) is 4.74 Å². The van der Waals surface area contributed by atoms with E-state index in [-0.39, 0.29) is 17.5 Å².